The average Bonchev–Trinajstić information content (AvgIpc) is 3.60. The smallest absolute Gasteiger partial charge is 0.259 e. The van der Waals surface area contributed by atoms with Crippen LogP contribution < -0.4 is 15.5 Å². The third-order valence-electron chi connectivity index (χ3n) is 7.02. The van der Waals surface area contributed by atoms with Crippen LogP contribution in [0, 0.1) is 17.2 Å². The largest absolute Gasteiger partial charge is 0.461 e. The number of benzene rings is 1. The van der Waals surface area contributed by atoms with E-state index in [1.807, 2.05) is 24.3 Å². The number of aromatic nitrogens is 5. The summed E-state index contributed by atoms with van der Waals surface area (Å²) in [6.45, 7) is 6.89. The number of nitriles is 1. The fourth-order valence-corrected chi connectivity index (χ4v) is 5.14. The van der Waals surface area contributed by atoms with Gasteiger partial charge in [-0.25, -0.2) is 0 Å². The van der Waals surface area contributed by atoms with E-state index in [-0.39, 0.29) is 5.95 Å². The van der Waals surface area contributed by atoms with Crippen LogP contribution in [0.2, 0.25) is 0 Å². The van der Waals surface area contributed by atoms with Gasteiger partial charge in [0.25, 0.3) is 5.78 Å². The molecule has 2 saturated heterocycles. The van der Waals surface area contributed by atoms with E-state index in [2.05, 4.69) is 40.8 Å². The van der Waals surface area contributed by atoms with E-state index >= 15 is 0 Å². The Morgan fingerprint density at radius 2 is 1.83 bits per heavy atom. The third kappa shape index (κ3) is 4.43. The molecule has 2 aliphatic heterocycles. The van der Waals surface area contributed by atoms with E-state index < -0.39 is 0 Å². The molecule has 2 fully saturated rings. The SMILES string of the molecule is N#Cc1ccc(N2CCN(CC3CCCN(c4nc(N)n5nc(-c6ccco6)nc5n4)C3)CC2)cc1. The number of hydrogen-bond donors (Lipinski definition) is 1. The average molecular weight is 485 g/mol. The molecule has 5 heterocycles. The van der Waals surface area contributed by atoms with Crippen LogP contribution in [0.15, 0.2) is 47.1 Å². The van der Waals surface area contributed by atoms with Gasteiger partial charge in [-0.05, 0) is 55.2 Å². The van der Waals surface area contributed by atoms with Crippen molar-refractivity contribution in [3.05, 3.63) is 48.2 Å². The summed E-state index contributed by atoms with van der Waals surface area (Å²) in [5, 5.41) is 13.4. The lowest BCUT2D eigenvalue weighted by Crippen LogP contribution is -2.49. The molecule has 184 valence electrons. The van der Waals surface area contributed by atoms with Crippen LogP contribution in [-0.2, 0) is 0 Å². The Morgan fingerprint density at radius 1 is 1.00 bits per heavy atom. The Bertz CT molecular complexity index is 1370. The molecule has 0 amide bonds. The van der Waals surface area contributed by atoms with Crippen molar-refractivity contribution in [2.45, 2.75) is 12.8 Å². The number of rotatable bonds is 5. The summed E-state index contributed by atoms with van der Waals surface area (Å²) in [4.78, 5) is 20.9. The number of nitrogen functional groups attached to an aromatic ring is 1. The van der Waals surface area contributed by atoms with Gasteiger partial charge in [0, 0.05) is 51.5 Å². The zero-order valence-electron chi connectivity index (χ0n) is 20.0. The van der Waals surface area contributed by atoms with Gasteiger partial charge >= 0.3 is 0 Å². The van der Waals surface area contributed by atoms with E-state index in [9.17, 15) is 0 Å². The molecule has 0 spiro atoms. The van der Waals surface area contributed by atoms with Crippen molar-refractivity contribution >= 4 is 23.4 Å². The van der Waals surface area contributed by atoms with Crippen molar-refractivity contribution in [1.29, 1.82) is 5.26 Å². The molecule has 0 aliphatic carbocycles. The number of piperidine rings is 1. The molecule has 0 radical (unpaired) electrons. The molecular formula is C25H28N10O. The summed E-state index contributed by atoms with van der Waals surface area (Å²) in [5.41, 5.74) is 8.10. The van der Waals surface area contributed by atoms with Gasteiger partial charge in [0.1, 0.15) is 0 Å². The number of fused-ring (bicyclic) bond motifs is 1. The second-order valence-electron chi connectivity index (χ2n) is 9.41. The topological polar surface area (TPSA) is 129 Å². The van der Waals surface area contributed by atoms with Gasteiger partial charge < -0.3 is 20.0 Å². The first-order chi connectivity index (χ1) is 17.7. The Balaban J connectivity index is 1.09. The Hall–Kier alpha value is -4.17. The van der Waals surface area contributed by atoms with E-state index in [4.69, 9.17) is 15.4 Å². The number of anilines is 3. The number of nitrogens with zero attached hydrogens (tertiary/aromatic N) is 9. The molecule has 6 rings (SSSR count). The van der Waals surface area contributed by atoms with Crippen LogP contribution >= 0.6 is 0 Å². The van der Waals surface area contributed by atoms with Gasteiger partial charge in [-0.15, -0.1) is 5.10 Å². The van der Waals surface area contributed by atoms with E-state index in [1.54, 1.807) is 18.4 Å². The highest BCUT2D eigenvalue weighted by molar-refractivity contribution is 5.53. The first kappa shape index (κ1) is 22.3. The maximum atomic E-state index is 9.02. The Morgan fingerprint density at radius 3 is 2.58 bits per heavy atom. The highest BCUT2D eigenvalue weighted by atomic mass is 16.3. The molecule has 4 aromatic rings. The molecule has 3 aromatic heterocycles. The van der Waals surface area contributed by atoms with Crippen LogP contribution in [0.1, 0.15) is 18.4 Å². The van der Waals surface area contributed by atoms with Gasteiger partial charge in [0.2, 0.25) is 17.7 Å². The van der Waals surface area contributed by atoms with Crippen LogP contribution in [0.25, 0.3) is 17.4 Å². The molecule has 2 N–H and O–H groups in total. The van der Waals surface area contributed by atoms with Crippen molar-refractivity contribution in [3.63, 3.8) is 0 Å². The molecule has 0 bridgehead atoms. The molecular weight excluding hydrogens is 456 g/mol. The predicted octanol–water partition coefficient (Wildman–Crippen LogP) is 2.27. The van der Waals surface area contributed by atoms with E-state index in [0.29, 0.717) is 34.8 Å². The second-order valence-corrected chi connectivity index (χ2v) is 9.41. The lowest BCUT2D eigenvalue weighted by molar-refractivity contribution is 0.205. The van der Waals surface area contributed by atoms with Crippen molar-refractivity contribution in [2.24, 2.45) is 5.92 Å². The first-order valence-electron chi connectivity index (χ1n) is 12.3. The van der Waals surface area contributed by atoms with E-state index in [0.717, 1.165) is 52.2 Å². The first-order valence-corrected chi connectivity index (χ1v) is 12.3. The normalized spacial score (nSPS) is 19.0. The molecule has 2 aliphatic rings. The zero-order valence-corrected chi connectivity index (χ0v) is 20.0. The lowest BCUT2D eigenvalue weighted by Gasteiger charge is -2.40. The summed E-state index contributed by atoms with van der Waals surface area (Å²) < 4.78 is 6.86. The third-order valence-corrected chi connectivity index (χ3v) is 7.02. The predicted molar refractivity (Wildman–Crippen MR) is 135 cm³/mol. The number of hydrogen-bond acceptors (Lipinski definition) is 10. The van der Waals surface area contributed by atoms with Crippen LogP contribution in [0.5, 0.6) is 0 Å². The van der Waals surface area contributed by atoms with Crippen LogP contribution in [0.3, 0.4) is 0 Å². The Labute approximate surface area is 208 Å². The van der Waals surface area contributed by atoms with Crippen molar-refractivity contribution in [3.8, 4) is 17.7 Å². The highest BCUT2D eigenvalue weighted by Crippen LogP contribution is 2.25. The van der Waals surface area contributed by atoms with Gasteiger partial charge in [-0.1, -0.05) is 0 Å². The molecule has 1 atom stereocenters. The molecule has 0 saturated carbocycles. The van der Waals surface area contributed by atoms with Crippen molar-refractivity contribution < 1.29 is 4.42 Å². The maximum Gasteiger partial charge on any atom is 0.259 e. The lowest BCUT2D eigenvalue weighted by atomic mass is 9.97. The van der Waals surface area contributed by atoms with Crippen molar-refractivity contribution in [1.82, 2.24) is 29.5 Å². The van der Waals surface area contributed by atoms with Gasteiger partial charge in [-0.3, -0.25) is 4.90 Å². The minimum Gasteiger partial charge on any atom is -0.461 e. The fourth-order valence-electron chi connectivity index (χ4n) is 5.14. The van der Waals surface area contributed by atoms with Gasteiger partial charge in [-0.2, -0.15) is 24.7 Å². The minimum absolute atomic E-state index is 0.265. The standard InChI is InChI=1S/C25H28N10O/c26-15-18-5-7-20(8-6-18)33-12-10-32(11-13-33)16-19-3-1-9-34(17-19)24-29-23(27)35-25(30-24)28-22(31-35)21-4-2-14-36-21/h2,4-8,14,19H,1,3,9-13,16-17H2,(H2,27,28,29,30,31). The molecule has 36 heavy (non-hydrogen) atoms. The fraction of sp³-hybridized carbons (Fsp3) is 0.400. The van der Waals surface area contributed by atoms with Crippen molar-refractivity contribution in [2.75, 3.05) is 61.3 Å². The second kappa shape index (κ2) is 9.47. The summed E-state index contributed by atoms with van der Waals surface area (Å²) >= 11 is 0. The summed E-state index contributed by atoms with van der Waals surface area (Å²) in [7, 11) is 0. The summed E-state index contributed by atoms with van der Waals surface area (Å²) in [5.74, 6) is 2.84. The monoisotopic (exact) mass is 484 g/mol. The molecule has 1 aromatic carbocycles. The van der Waals surface area contributed by atoms with Crippen LogP contribution in [-0.4, -0.2) is 75.3 Å². The summed E-state index contributed by atoms with van der Waals surface area (Å²) in [6.07, 6.45) is 3.87. The Kier molecular flexibility index (Phi) is 5.87. The van der Waals surface area contributed by atoms with E-state index in [1.165, 1.54) is 16.6 Å². The van der Waals surface area contributed by atoms with Crippen LogP contribution in [0.4, 0.5) is 17.6 Å². The molecule has 1 unspecified atom stereocenters. The number of furan rings is 1. The highest BCUT2D eigenvalue weighted by Gasteiger charge is 2.27. The zero-order chi connectivity index (χ0) is 24.5. The van der Waals surface area contributed by atoms with Gasteiger partial charge in [0.15, 0.2) is 5.76 Å². The van der Waals surface area contributed by atoms with Gasteiger partial charge in [0.05, 0.1) is 17.9 Å². The molecule has 11 nitrogen and oxygen atoms in total. The summed E-state index contributed by atoms with van der Waals surface area (Å²) in [6, 6.07) is 13.7. The minimum atomic E-state index is 0.265. The number of piperazine rings is 1. The molecule has 11 heteroatoms. The number of nitrogens with two attached hydrogens (primary N) is 1. The maximum absolute atomic E-state index is 9.02. The quantitative estimate of drug-likeness (QED) is 0.450.